The van der Waals surface area contributed by atoms with Gasteiger partial charge in [0, 0.05) is 25.3 Å². The molecule has 1 aliphatic carbocycles. The molecule has 6 heteroatoms. The summed E-state index contributed by atoms with van der Waals surface area (Å²) in [5.74, 6) is 0.614. The molecule has 25 heavy (non-hydrogen) atoms. The number of benzene rings is 1. The molecule has 1 saturated carbocycles. The number of amides is 3. The number of rotatable bonds is 4. The second-order valence-electron chi connectivity index (χ2n) is 7.48. The van der Waals surface area contributed by atoms with Crippen LogP contribution in [0.5, 0.6) is 0 Å². The van der Waals surface area contributed by atoms with Gasteiger partial charge in [0.1, 0.15) is 0 Å². The zero-order valence-electron chi connectivity index (χ0n) is 14.5. The Morgan fingerprint density at radius 1 is 1.24 bits per heavy atom. The Morgan fingerprint density at radius 2 is 2.04 bits per heavy atom. The number of carbonyl (C=O) groups excluding carboxylic acids is 2. The third kappa shape index (κ3) is 3.63. The van der Waals surface area contributed by atoms with Crippen molar-refractivity contribution in [2.45, 2.75) is 38.4 Å². The van der Waals surface area contributed by atoms with Gasteiger partial charge in [0.05, 0.1) is 18.1 Å². The Bertz CT molecular complexity index is 674. The smallest absolute Gasteiger partial charge is 0.322 e. The summed E-state index contributed by atoms with van der Waals surface area (Å²) < 4.78 is 5.93. The first kappa shape index (κ1) is 16.4. The molecule has 2 saturated heterocycles. The van der Waals surface area contributed by atoms with Crippen LogP contribution in [0.15, 0.2) is 24.3 Å². The van der Waals surface area contributed by atoms with E-state index in [1.54, 1.807) is 4.90 Å². The van der Waals surface area contributed by atoms with Crippen LogP contribution in [0.2, 0.25) is 0 Å². The number of hydrogen-bond acceptors (Lipinski definition) is 3. The van der Waals surface area contributed by atoms with Crippen LogP contribution in [0.1, 0.15) is 24.8 Å². The van der Waals surface area contributed by atoms with Gasteiger partial charge in [-0.15, -0.1) is 0 Å². The third-order valence-corrected chi connectivity index (χ3v) is 5.43. The standard InChI is InChI=1S/C19H25N3O3/c1-12-4-2-3-5-16(12)21-19(24)22-10-14-8-15(17(11-22)25-14)18(23)20-9-13-6-7-13/h2-5,13-15,17H,6-11H2,1H3,(H,20,23)(H,21,24)/t14-,15+,17-/m0/s1. The van der Waals surface area contributed by atoms with E-state index >= 15 is 0 Å². The van der Waals surface area contributed by atoms with Gasteiger partial charge >= 0.3 is 6.03 Å². The van der Waals surface area contributed by atoms with Crippen LogP contribution in [0.4, 0.5) is 10.5 Å². The summed E-state index contributed by atoms with van der Waals surface area (Å²) in [6.45, 7) is 3.76. The van der Waals surface area contributed by atoms with Crippen molar-refractivity contribution in [3.63, 3.8) is 0 Å². The van der Waals surface area contributed by atoms with Crippen molar-refractivity contribution in [1.29, 1.82) is 0 Å². The number of ether oxygens (including phenoxy) is 1. The minimum atomic E-state index is -0.194. The molecule has 2 bridgehead atoms. The van der Waals surface area contributed by atoms with Gasteiger partial charge in [-0.25, -0.2) is 4.79 Å². The summed E-state index contributed by atoms with van der Waals surface area (Å²) in [7, 11) is 0. The average Bonchev–Trinajstić information content (AvgIpc) is 3.39. The van der Waals surface area contributed by atoms with E-state index in [1.165, 1.54) is 12.8 Å². The molecular formula is C19H25N3O3. The van der Waals surface area contributed by atoms with Gasteiger partial charge in [-0.1, -0.05) is 18.2 Å². The average molecular weight is 343 g/mol. The maximum absolute atomic E-state index is 12.6. The molecule has 3 amide bonds. The summed E-state index contributed by atoms with van der Waals surface area (Å²) in [4.78, 5) is 26.8. The normalized spacial score (nSPS) is 27.9. The highest BCUT2D eigenvalue weighted by atomic mass is 16.5. The van der Waals surface area contributed by atoms with Crippen molar-refractivity contribution in [3.8, 4) is 0 Å². The molecule has 2 N–H and O–H groups in total. The summed E-state index contributed by atoms with van der Waals surface area (Å²) in [6.07, 6.45) is 2.91. The maximum Gasteiger partial charge on any atom is 0.322 e. The number of fused-ring (bicyclic) bond motifs is 2. The number of hydrogen-bond donors (Lipinski definition) is 2. The van der Waals surface area contributed by atoms with Gasteiger partial charge in [0.2, 0.25) is 5.91 Å². The third-order valence-electron chi connectivity index (χ3n) is 5.43. The number of para-hydroxylation sites is 1. The number of aryl methyl sites for hydroxylation is 1. The minimum absolute atomic E-state index is 0.0435. The number of anilines is 1. The highest BCUT2D eigenvalue weighted by molar-refractivity contribution is 5.90. The van der Waals surface area contributed by atoms with Crippen molar-refractivity contribution >= 4 is 17.6 Å². The number of nitrogens with one attached hydrogen (secondary N) is 2. The molecular weight excluding hydrogens is 318 g/mol. The van der Waals surface area contributed by atoms with Crippen LogP contribution in [0.3, 0.4) is 0 Å². The van der Waals surface area contributed by atoms with E-state index in [-0.39, 0.29) is 30.1 Å². The van der Waals surface area contributed by atoms with Crippen LogP contribution in [0.25, 0.3) is 0 Å². The molecule has 3 atom stereocenters. The Morgan fingerprint density at radius 3 is 2.80 bits per heavy atom. The lowest BCUT2D eigenvalue weighted by Crippen LogP contribution is -2.49. The van der Waals surface area contributed by atoms with Crippen molar-refractivity contribution in [2.75, 3.05) is 25.0 Å². The van der Waals surface area contributed by atoms with E-state index in [9.17, 15) is 9.59 Å². The SMILES string of the molecule is Cc1ccccc1NC(=O)N1C[C@@H]2C[C@@H](C(=O)NCC3CC3)[C@H](C1)O2. The molecule has 6 nitrogen and oxygen atoms in total. The van der Waals surface area contributed by atoms with E-state index in [0.717, 1.165) is 17.8 Å². The van der Waals surface area contributed by atoms with Crippen LogP contribution in [0, 0.1) is 18.8 Å². The van der Waals surface area contributed by atoms with Gasteiger partial charge in [-0.3, -0.25) is 4.79 Å². The molecule has 0 radical (unpaired) electrons. The number of urea groups is 1. The predicted molar refractivity (Wildman–Crippen MR) is 94.3 cm³/mol. The summed E-state index contributed by atoms with van der Waals surface area (Å²) in [5.41, 5.74) is 1.86. The quantitative estimate of drug-likeness (QED) is 0.880. The fraction of sp³-hybridized carbons (Fsp3) is 0.579. The number of nitrogens with zero attached hydrogens (tertiary/aromatic N) is 1. The summed E-state index contributed by atoms with van der Waals surface area (Å²) >= 11 is 0. The molecule has 1 aromatic rings. The van der Waals surface area contributed by atoms with Crippen LogP contribution < -0.4 is 10.6 Å². The van der Waals surface area contributed by atoms with Crippen molar-refractivity contribution in [1.82, 2.24) is 10.2 Å². The topological polar surface area (TPSA) is 70.7 Å². The minimum Gasteiger partial charge on any atom is -0.370 e. The number of carbonyl (C=O) groups is 2. The van der Waals surface area contributed by atoms with Crippen molar-refractivity contribution in [3.05, 3.63) is 29.8 Å². The molecule has 3 fully saturated rings. The Hall–Kier alpha value is -2.08. The Kier molecular flexibility index (Phi) is 4.37. The number of morpholine rings is 1. The van der Waals surface area contributed by atoms with Gasteiger partial charge in [-0.05, 0) is 43.7 Å². The largest absolute Gasteiger partial charge is 0.370 e. The highest BCUT2D eigenvalue weighted by Crippen LogP contribution is 2.33. The highest BCUT2D eigenvalue weighted by Gasteiger charge is 2.45. The molecule has 134 valence electrons. The lowest BCUT2D eigenvalue weighted by atomic mass is 9.99. The van der Waals surface area contributed by atoms with E-state index in [1.807, 2.05) is 31.2 Å². The number of likely N-dealkylation sites (tertiary alicyclic amines) is 1. The first-order chi connectivity index (χ1) is 12.1. The second kappa shape index (κ2) is 6.67. The fourth-order valence-corrected chi connectivity index (χ4v) is 3.71. The Labute approximate surface area is 147 Å². The van der Waals surface area contributed by atoms with Crippen molar-refractivity contribution in [2.24, 2.45) is 11.8 Å². The Balaban J connectivity index is 1.35. The lowest BCUT2D eigenvalue weighted by Gasteiger charge is -2.33. The van der Waals surface area contributed by atoms with Crippen LogP contribution in [-0.2, 0) is 9.53 Å². The molecule has 2 heterocycles. The zero-order valence-corrected chi connectivity index (χ0v) is 14.5. The predicted octanol–water partition coefficient (Wildman–Crippen LogP) is 2.14. The summed E-state index contributed by atoms with van der Waals surface area (Å²) in [5, 5.41) is 6.02. The van der Waals surface area contributed by atoms with Gasteiger partial charge in [-0.2, -0.15) is 0 Å². The fourth-order valence-electron chi connectivity index (χ4n) is 3.71. The first-order valence-electron chi connectivity index (χ1n) is 9.15. The van der Waals surface area contributed by atoms with Gasteiger partial charge in [0.15, 0.2) is 0 Å². The monoisotopic (exact) mass is 343 g/mol. The van der Waals surface area contributed by atoms with E-state index in [2.05, 4.69) is 10.6 Å². The molecule has 4 rings (SSSR count). The molecule has 3 aliphatic rings. The van der Waals surface area contributed by atoms with Crippen molar-refractivity contribution < 1.29 is 14.3 Å². The van der Waals surface area contributed by atoms with E-state index in [0.29, 0.717) is 25.4 Å². The lowest BCUT2D eigenvalue weighted by molar-refractivity contribution is -0.127. The summed E-state index contributed by atoms with van der Waals surface area (Å²) in [6, 6.07) is 7.61. The zero-order chi connectivity index (χ0) is 17.4. The first-order valence-corrected chi connectivity index (χ1v) is 9.15. The van der Waals surface area contributed by atoms with Crippen LogP contribution >= 0.6 is 0 Å². The molecule has 1 aromatic carbocycles. The van der Waals surface area contributed by atoms with Gasteiger partial charge < -0.3 is 20.3 Å². The van der Waals surface area contributed by atoms with E-state index < -0.39 is 0 Å². The molecule has 0 spiro atoms. The molecule has 0 aromatic heterocycles. The van der Waals surface area contributed by atoms with Gasteiger partial charge in [0.25, 0.3) is 0 Å². The molecule has 2 aliphatic heterocycles. The maximum atomic E-state index is 12.6. The van der Waals surface area contributed by atoms with E-state index in [4.69, 9.17) is 4.74 Å². The van der Waals surface area contributed by atoms with Crippen LogP contribution in [-0.4, -0.2) is 48.7 Å². The second-order valence-corrected chi connectivity index (χ2v) is 7.48. The molecule has 0 unspecified atom stereocenters.